The second-order valence-corrected chi connectivity index (χ2v) is 4.66. The lowest BCUT2D eigenvalue weighted by atomic mass is 10.0. The van der Waals surface area contributed by atoms with Crippen LogP contribution < -0.4 is 0 Å². The molecule has 2 rings (SSSR count). The molecule has 0 aromatic heterocycles. The average molecular weight is 309 g/mol. The first-order chi connectivity index (χ1) is 8.90. The number of alkyl halides is 1. The van der Waals surface area contributed by atoms with Crippen LogP contribution in [0, 0.1) is 23.3 Å². The standard InChI is InChI=1S/C13H6Cl2F4/c14-9-5-11(18)8(4-12(9)19)13(15)7-3-6(16)1-2-10(7)17/h1-5,13H. The van der Waals surface area contributed by atoms with Gasteiger partial charge >= 0.3 is 0 Å². The predicted molar refractivity (Wildman–Crippen MR) is 65.4 cm³/mol. The molecule has 0 nitrogen and oxygen atoms in total. The number of hydrogen-bond acceptors (Lipinski definition) is 0. The van der Waals surface area contributed by atoms with Crippen molar-refractivity contribution in [3.05, 3.63) is 69.8 Å². The molecule has 6 heteroatoms. The summed E-state index contributed by atoms with van der Waals surface area (Å²) in [7, 11) is 0. The minimum Gasteiger partial charge on any atom is -0.207 e. The smallest absolute Gasteiger partial charge is 0.142 e. The van der Waals surface area contributed by atoms with Crippen LogP contribution in [0.5, 0.6) is 0 Å². The number of benzene rings is 2. The Balaban J connectivity index is 2.52. The molecule has 0 aliphatic heterocycles. The fourth-order valence-corrected chi connectivity index (χ4v) is 2.09. The van der Waals surface area contributed by atoms with Crippen molar-refractivity contribution in [3.63, 3.8) is 0 Å². The maximum atomic E-state index is 13.6. The van der Waals surface area contributed by atoms with Gasteiger partial charge in [-0.25, -0.2) is 17.6 Å². The summed E-state index contributed by atoms with van der Waals surface area (Å²) >= 11 is 11.3. The maximum Gasteiger partial charge on any atom is 0.142 e. The van der Waals surface area contributed by atoms with Crippen molar-refractivity contribution in [1.82, 2.24) is 0 Å². The van der Waals surface area contributed by atoms with Gasteiger partial charge < -0.3 is 0 Å². The summed E-state index contributed by atoms with van der Waals surface area (Å²) in [6, 6.07) is 4.10. The minimum absolute atomic E-state index is 0.276. The lowest BCUT2D eigenvalue weighted by Crippen LogP contribution is -2.02. The van der Waals surface area contributed by atoms with Crippen LogP contribution in [0.4, 0.5) is 17.6 Å². The van der Waals surface area contributed by atoms with Gasteiger partial charge in [0.1, 0.15) is 23.3 Å². The van der Waals surface area contributed by atoms with Gasteiger partial charge in [0.15, 0.2) is 0 Å². The van der Waals surface area contributed by atoms with Crippen molar-refractivity contribution in [3.8, 4) is 0 Å². The van der Waals surface area contributed by atoms with Crippen molar-refractivity contribution in [2.24, 2.45) is 0 Å². The first-order valence-electron chi connectivity index (χ1n) is 5.13. The zero-order valence-corrected chi connectivity index (χ0v) is 10.7. The van der Waals surface area contributed by atoms with E-state index in [0.29, 0.717) is 0 Å². The summed E-state index contributed by atoms with van der Waals surface area (Å²) in [5, 5.41) is -1.77. The first kappa shape index (κ1) is 14.2. The molecular weight excluding hydrogens is 303 g/mol. The number of hydrogen-bond donors (Lipinski definition) is 0. The van der Waals surface area contributed by atoms with E-state index in [1.807, 2.05) is 0 Å². The monoisotopic (exact) mass is 308 g/mol. The molecule has 0 fully saturated rings. The third kappa shape index (κ3) is 2.85. The fourth-order valence-electron chi connectivity index (χ4n) is 1.61. The lowest BCUT2D eigenvalue weighted by molar-refractivity contribution is 0.572. The van der Waals surface area contributed by atoms with E-state index in [1.54, 1.807) is 0 Å². The lowest BCUT2D eigenvalue weighted by Gasteiger charge is -2.13. The quantitative estimate of drug-likeness (QED) is 0.405. The Labute approximate surface area is 116 Å². The van der Waals surface area contributed by atoms with E-state index in [9.17, 15) is 17.6 Å². The Hall–Kier alpha value is -1.26. The van der Waals surface area contributed by atoms with Gasteiger partial charge in [0.25, 0.3) is 0 Å². The Morgan fingerprint density at radius 1 is 0.789 bits per heavy atom. The maximum absolute atomic E-state index is 13.6. The molecule has 19 heavy (non-hydrogen) atoms. The predicted octanol–water partition coefficient (Wildman–Crippen LogP) is 5.22. The van der Waals surface area contributed by atoms with Crippen LogP contribution >= 0.6 is 23.2 Å². The van der Waals surface area contributed by atoms with Crippen LogP contribution in [-0.2, 0) is 0 Å². The van der Waals surface area contributed by atoms with Crippen LogP contribution in [-0.4, -0.2) is 0 Å². The van der Waals surface area contributed by atoms with Crippen molar-refractivity contribution in [2.45, 2.75) is 5.38 Å². The van der Waals surface area contributed by atoms with Crippen LogP contribution in [0.25, 0.3) is 0 Å². The number of rotatable bonds is 2. The third-order valence-electron chi connectivity index (χ3n) is 2.54. The molecule has 100 valence electrons. The van der Waals surface area contributed by atoms with Crippen LogP contribution in [0.2, 0.25) is 5.02 Å². The molecule has 0 saturated heterocycles. The van der Waals surface area contributed by atoms with Gasteiger partial charge in [-0.1, -0.05) is 11.6 Å². The second kappa shape index (κ2) is 5.39. The summed E-state index contributed by atoms with van der Waals surface area (Å²) in [5.74, 6) is -3.32. The Morgan fingerprint density at radius 3 is 2.11 bits per heavy atom. The van der Waals surface area contributed by atoms with E-state index in [1.165, 1.54) is 0 Å². The molecule has 0 amide bonds. The molecule has 0 radical (unpaired) electrons. The van der Waals surface area contributed by atoms with E-state index in [0.717, 1.165) is 30.3 Å². The van der Waals surface area contributed by atoms with Gasteiger partial charge in [-0.05, 0) is 30.3 Å². The van der Waals surface area contributed by atoms with Crippen molar-refractivity contribution >= 4 is 23.2 Å². The molecule has 2 aromatic carbocycles. The minimum atomic E-state index is -1.36. The van der Waals surface area contributed by atoms with E-state index in [4.69, 9.17) is 23.2 Å². The van der Waals surface area contributed by atoms with Gasteiger partial charge in [0.2, 0.25) is 0 Å². The van der Waals surface area contributed by atoms with E-state index in [2.05, 4.69) is 0 Å². The van der Waals surface area contributed by atoms with E-state index >= 15 is 0 Å². The molecule has 0 N–H and O–H groups in total. The van der Waals surface area contributed by atoms with Crippen molar-refractivity contribution in [1.29, 1.82) is 0 Å². The largest absolute Gasteiger partial charge is 0.207 e. The van der Waals surface area contributed by atoms with Gasteiger partial charge in [-0.2, -0.15) is 0 Å². The molecule has 0 aliphatic carbocycles. The topological polar surface area (TPSA) is 0 Å². The first-order valence-corrected chi connectivity index (χ1v) is 5.95. The Morgan fingerprint density at radius 2 is 1.42 bits per heavy atom. The van der Waals surface area contributed by atoms with Crippen molar-refractivity contribution in [2.75, 3.05) is 0 Å². The third-order valence-corrected chi connectivity index (χ3v) is 3.30. The summed E-state index contributed by atoms with van der Waals surface area (Å²) in [4.78, 5) is 0. The average Bonchev–Trinajstić information content (AvgIpc) is 2.36. The summed E-state index contributed by atoms with van der Waals surface area (Å²) in [5.41, 5.74) is -0.588. The molecule has 0 heterocycles. The summed E-state index contributed by atoms with van der Waals surface area (Å²) in [6.07, 6.45) is 0. The molecule has 2 aromatic rings. The Kier molecular flexibility index (Phi) is 4.02. The molecule has 0 spiro atoms. The highest BCUT2D eigenvalue weighted by Gasteiger charge is 2.21. The second-order valence-electron chi connectivity index (χ2n) is 3.82. The van der Waals surface area contributed by atoms with Gasteiger partial charge in [0, 0.05) is 11.1 Å². The Bertz CT molecular complexity index is 628. The van der Waals surface area contributed by atoms with Crippen molar-refractivity contribution < 1.29 is 17.6 Å². The normalized spacial score (nSPS) is 12.5. The van der Waals surface area contributed by atoms with Gasteiger partial charge in [0.05, 0.1) is 10.4 Å². The molecular formula is C13H6Cl2F4. The highest BCUT2D eigenvalue weighted by molar-refractivity contribution is 6.30. The van der Waals surface area contributed by atoms with Crippen LogP contribution in [0.1, 0.15) is 16.5 Å². The summed E-state index contributed by atoms with van der Waals surface area (Å²) in [6.45, 7) is 0. The molecule has 0 bridgehead atoms. The van der Waals surface area contributed by atoms with Gasteiger partial charge in [-0.3, -0.25) is 0 Å². The molecule has 1 unspecified atom stereocenters. The highest BCUT2D eigenvalue weighted by atomic mass is 35.5. The van der Waals surface area contributed by atoms with Crippen LogP contribution in [0.15, 0.2) is 30.3 Å². The highest BCUT2D eigenvalue weighted by Crippen LogP contribution is 2.34. The zero-order chi connectivity index (χ0) is 14.2. The van der Waals surface area contributed by atoms with Crippen LogP contribution in [0.3, 0.4) is 0 Å². The summed E-state index contributed by atoms with van der Waals surface area (Å²) < 4.78 is 53.5. The van der Waals surface area contributed by atoms with E-state index in [-0.39, 0.29) is 11.1 Å². The molecule has 1 atom stereocenters. The zero-order valence-electron chi connectivity index (χ0n) is 9.23. The SMILES string of the molecule is Fc1ccc(F)c(C(Cl)c2cc(F)c(Cl)cc2F)c1. The van der Waals surface area contributed by atoms with Gasteiger partial charge in [-0.15, -0.1) is 11.6 Å². The van der Waals surface area contributed by atoms with E-state index < -0.39 is 33.7 Å². The molecule has 0 saturated carbocycles. The molecule has 0 aliphatic rings. The number of halogens is 6. The fraction of sp³-hybridized carbons (Fsp3) is 0.0769.